The average molecular weight is 195 g/mol. The number of ether oxygens (including phenoxy) is 1. The van der Waals surface area contributed by atoms with Crippen LogP contribution in [0.2, 0.25) is 0 Å². The van der Waals surface area contributed by atoms with Gasteiger partial charge in [-0.3, -0.25) is 0 Å². The van der Waals surface area contributed by atoms with Gasteiger partial charge in [0.1, 0.15) is 0 Å². The van der Waals surface area contributed by atoms with Crippen molar-refractivity contribution in [3.8, 4) is 0 Å². The second kappa shape index (κ2) is 5.22. The highest BCUT2D eigenvalue weighted by molar-refractivity contribution is 5.85. The molecule has 0 aromatic heterocycles. The molecule has 0 bridgehead atoms. The highest BCUT2D eigenvalue weighted by Gasteiger charge is 2.26. The molecule has 1 aliphatic heterocycles. The van der Waals surface area contributed by atoms with Crippen molar-refractivity contribution in [2.45, 2.75) is 18.9 Å². The first-order valence-corrected chi connectivity index (χ1v) is 3.80. The molecule has 1 fully saturated rings. The molecule has 0 aromatic carbocycles. The summed E-state index contributed by atoms with van der Waals surface area (Å²) in [6, 6.07) is -0.123. The Morgan fingerprint density at radius 3 is 2.92 bits per heavy atom. The number of hydrogen-bond donors (Lipinski definition) is 1. The van der Waals surface area contributed by atoms with E-state index in [4.69, 9.17) is 10.5 Å². The third-order valence-electron chi connectivity index (χ3n) is 2.02. The Bertz CT molecular complexity index is 154. The van der Waals surface area contributed by atoms with Gasteiger partial charge in [-0.1, -0.05) is 0 Å². The summed E-state index contributed by atoms with van der Waals surface area (Å²) in [6.45, 7) is 1.38. The molecule has 2 N–H and O–H groups in total. The molecule has 0 spiro atoms. The van der Waals surface area contributed by atoms with E-state index in [1.807, 2.05) is 0 Å². The Morgan fingerprint density at radius 2 is 2.42 bits per heavy atom. The van der Waals surface area contributed by atoms with Gasteiger partial charge in [-0.25, -0.2) is 4.79 Å². The Balaban J connectivity index is 0.00000121. The number of urea groups is 1. The van der Waals surface area contributed by atoms with Gasteiger partial charge < -0.3 is 15.4 Å². The molecular weight excluding hydrogens is 180 g/mol. The first-order chi connectivity index (χ1) is 5.25. The van der Waals surface area contributed by atoms with E-state index in [-0.39, 0.29) is 24.5 Å². The van der Waals surface area contributed by atoms with Crippen LogP contribution in [0.5, 0.6) is 0 Å². The van der Waals surface area contributed by atoms with Gasteiger partial charge >= 0.3 is 6.03 Å². The fourth-order valence-electron chi connectivity index (χ4n) is 1.49. The maximum Gasteiger partial charge on any atom is 0.315 e. The summed E-state index contributed by atoms with van der Waals surface area (Å²) < 4.78 is 4.96. The number of rotatable bonds is 2. The zero-order valence-electron chi connectivity index (χ0n) is 7.16. The molecule has 1 saturated heterocycles. The number of carbonyl (C=O) groups is 1. The van der Waals surface area contributed by atoms with E-state index in [9.17, 15) is 4.79 Å². The molecule has 0 radical (unpaired) electrons. The van der Waals surface area contributed by atoms with Crippen molar-refractivity contribution in [1.82, 2.24) is 4.90 Å². The Morgan fingerprint density at radius 1 is 1.75 bits per heavy atom. The molecule has 2 amide bonds. The maximum atomic E-state index is 10.8. The zero-order chi connectivity index (χ0) is 8.27. The highest BCUT2D eigenvalue weighted by Crippen LogP contribution is 2.16. The van der Waals surface area contributed by atoms with E-state index in [2.05, 4.69) is 0 Å². The van der Waals surface area contributed by atoms with Crippen molar-refractivity contribution in [2.75, 3.05) is 20.3 Å². The van der Waals surface area contributed by atoms with E-state index in [0.29, 0.717) is 6.61 Å². The monoisotopic (exact) mass is 194 g/mol. The van der Waals surface area contributed by atoms with Crippen molar-refractivity contribution in [2.24, 2.45) is 5.73 Å². The van der Waals surface area contributed by atoms with Gasteiger partial charge in [0.2, 0.25) is 0 Å². The molecule has 1 aliphatic rings. The molecule has 5 heteroatoms. The van der Waals surface area contributed by atoms with Crippen LogP contribution in [0.4, 0.5) is 4.79 Å². The second-order valence-electron chi connectivity index (χ2n) is 2.78. The molecule has 1 atom stereocenters. The first kappa shape index (κ1) is 11.5. The molecule has 12 heavy (non-hydrogen) atoms. The SMILES string of the molecule is COCC1CCCN1C(N)=O.Cl. The lowest BCUT2D eigenvalue weighted by Gasteiger charge is -2.21. The summed E-state index contributed by atoms with van der Waals surface area (Å²) in [7, 11) is 1.64. The summed E-state index contributed by atoms with van der Waals surface area (Å²) in [6.07, 6.45) is 2.05. The van der Waals surface area contributed by atoms with Crippen LogP contribution in [0.25, 0.3) is 0 Å². The molecule has 0 aromatic rings. The smallest absolute Gasteiger partial charge is 0.315 e. The van der Waals surface area contributed by atoms with Crippen LogP contribution < -0.4 is 5.73 Å². The summed E-state index contributed by atoms with van der Waals surface area (Å²) in [5.74, 6) is 0. The van der Waals surface area contributed by atoms with Gasteiger partial charge in [0.25, 0.3) is 0 Å². The lowest BCUT2D eigenvalue weighted by molar-refractivity contribution is 0.127. The largest absolute Gasteiger partial charge is 0.383 e. The number of nitrogens with two attached hydrogens (primary N) is 1. The number of nitrogens with zero attached hydrogens (tertiary/aromatic N) is 1. The number of primary amides is 1. The fraction of sp³-hybridized carbons (Fsp3) is 0.857. The van der Waals surface area contributed by atoms with Crippen molar-refractivity contribution < 1.29 is 9.53 Å². The first-order valence-electron chi connectivity index (χ1n) is 3.80. The molecule has 72 valence electrons. The molecule has 1 unspecified atom stereocenters. The molecule has 1 rings (SSSR count). The number of likely N-dealkylation sites (tertiary alicyclic amines) is 1. The molecule has 0 saturated carbocycles. The lowest BCUT2D eigenvalue weighted by atomic mass is 10.2. The average Bonchev–Trinajstić information content (AvgIpc) is 2.36. The number of methoxy groups -OCH3 is 1. The van der Waals surface area contributed by atoms with Gasteiger partial charge in [-0.15, -0.1) is 12.4 Å². The summed E-state index contributed by atoms with van der Waals surface area (Å²) in [5.41, 5.74) is 5.15. The standard InChI is InChI=1S/C7H14N2O2.ClH/c1-11-5-6-3-2-4-9(6)7(8)10;/h6H,2-5H2,1H3,(H2,8,10);1H. The van der Waals surface area contributed by atoms with Gasteiger partial charge in [-0.05, 0) is 12.8 Å². The normalized spacial score (nSPS) is 22.1. The Kier molecular flexibility index (Phi) is 5.01. The van der Waals surface area contributed by atoms with Crippen LogP contribution in [0.15, 0.2) is 0 Å². The third-order valence-corrected chi connectivity index (χ3v) is 2.02. The van der Waals surface area contributed by atoms with Crippen molar-refractivity contribution in [1.29, 1.82) is 0 Å². The third kappa shape index (κ3) is 2.53. The van der Waals surface area contributed by atoms with Crippen LogP contribution in [-0.4, -0.2) is 37.2 Å². The molecule has 0 aliphatic carbocycles. The van der Waals surface area contributed by atoms with Gasteiger partial charge in [-0.2, -0.15) is 0 Å². The van der Waals surface area contributed by atoms with Crippen LogP contribution >= 0.6 is 12.4 Å². The zero-order valence-corrected chi connectivity index (χ0v) is 7.97. The van der Waals surface area contributed by atoms with E-state index >= 15 is 0 Å². The van der Waals surface area contributed by atoms with Gasteiger partial charge in [0.05, 0.1) is 12.6 Å². The molecule has 1 heterocycles. The summed E-state index contributed by atoms with van der Waals surface area (Å²) >= 11 is 0. The van der Waals surface area contributed by atoms with Crippen LogP contribution in [0, 0.1) is 0 Å². The van der Waals surface area contributed by atoms with Gasteiger partial charge in [0.15, 0.2) is 0 Å². The fourth-order valence-corrected chi connectivity index (χ4v) is 1.49. The summed E-state index contributed by atoms with van der Waals surface area (Å²) in [4.78, 5) is 12.4. The van der Waals surface area contributed by atoms with Crippen molar-refractivity contribution in [3.05, 3.63) is 0 Å². The number of hydrogen-bond acceptors (Lipinski definition) is 2. The number of carbonyl (C=O) groups excluding carboxylic acids is 1. The second-order valence-corrected chi connectivity index (χ2v) is 2.78. The van der Waals surface area contributed by atoms with Crippen LogP contribution in [0.3, 0.4) is 0 Å². The minimum absolute atomic E-state index is 0. The van der Waals surface area contributed by atoms with Gasteiger partial charge in [0, 0.05) is 13.7 Å². The molecular formula is C7H15ClN2O2. The van der Waals surface area contributed by atoms with Crippen LogP contribution in [-0.2, 0) is 4.74 Å². The quantitative estimate of drug-likeness (QED) is 0.700. The predicted octanol–water partition coefficient (Wildman–Crippen LogP) is 0.598. The topological polar surface area (TPSA) is 55.6 Å². The Hall–Kier alpha value is -0.480. The van der Waals surface area contributed by atoms with E-state index in [0.717, 1.165) is 19.4 Å². The maximum absolute atomic E-state index is 10.8. The highest BCUT2D eigenvalue weighted by atomic mass is 35.5. The van der Waals surface area contributed by atoms with Crippen molar-refractivity contribution >= 4 is 18.4 Å². The van der Waals surface area contributed by atoms with Crippen molar-refractivity contribution in [3.63, 3.8) is 0 Å². The lowest BCUT2D eigenvalue weighted by Crippen LogP contribution is -2.41. The predicted molar refractivity (Wildman–Crippen MR) is 48.4 cm³/mol. The van der Waals surface area contributed by atoms with Crippen LogP contribution in [0.1, 0.15) is 12.8 Å². The Labute approximate surface area is 78.5 Å². The summed E-state index contributed by atoms with van der Waals surface area (Å²) in [5, 5.41) is 0. The van der Waals surface area contributed by atoms with E-state index in [1.165, 1.54) is 0 Å². The van der Waals surface area contributed by atoms with E-state index in [1.54, 1.807) is 12.0 Å². The molecule has 4 nitrogen and oxygen atoms in total. The minimum Gasteiger partial charge on any atom is -0.383 e. The number of halogens is 1. The number of amides is 2. The minimum atomic E-state index is -0.329. The van der Waals surface area contributed by atoms with E-state index < -0.39 is 0 Å².